The minimum atomic E-state index is -3.52. The zero-order chi connectivity index (χ0) is 26.2. The molecule has 2 aromatic carbocycles. The molecule has 2 amide bonds. The van der Waals surface area contributed by atoms with Gasteiger partial charge in [-0.05, 0) is 61.6 Å². The smallest absolute Gasteiger partial charge is 0.242 e. The van der Waals surface area contributed by atoms with Crippen LogP contribution in [0.25, 0.3) is 0 Å². The van der Waals surface area contributed by atoms with Crippen LogP contribution in [0.4, 0.5) is 5.69 Å². The lowest BCUT2D eigenvalue weighted by atomic mass is 10.1. The molecule has 0 radical (unpaired) electrons. The summed E-state index contributed by atoms with van der Waals surface area (Å²) in [5.74, 6) is -0.154. The molecule has 0 spiro atoms. The lowest BCUT2D eigenvalue weighted by Gasteiger charge is -2.29. The van der Waals surface area contributed by atoms with Crippen LogP contribution < -0.4 is 9.62 Å². The Hall–Kier alpha value is -2.58. The fourth-order valence-electron chi connectivity index (χ4n) is 3.61. The molecule has 0 saturated heterocycles. The van der Waals surface area contributed by atoms with Crippen LogP contribution in [0.3, 0.4) is 0 Å². The number of nitrogens with one attached hydrogen (secondary N) is 1. The first-order valence-corrected chi connectivity index (χ1v) is 14.0. The maximum Gasteiger partial charge on any atom is 0.242 e. The van der Waals surface area contributed by atoms with Crippen LogP contribution in [0.1, 0.15) is 44.7 Å². The minimum Gasteiger partial charge on any atom is -0.354 e. The van der Waals surface area contributed by atoms with Crippen molar-refractivity contribution in [1.29, 1.82) is 0 Å². The number of halogens is 1. The summed E-state index contributed by atoms with van der Waals surface area (Å²) >= 11 is 5.99. The molecule has 1 N–H and O–H groups in total. The van der Waals surface area contributed by atoms with Gasteiger partial charge in [0.15, 0.2) is 0 Å². The number of carbonyl (C=O) groups is 2. The molecule has 9 heteroatoms. The third-order valence-corrected chi connectivity index (χ3v) is 7.01. The Kier molecular flexibility index (Phi) is 10.6. The number of aryl methyl sites for hydroxylation is 1. The van der Waals surface area contributed by atoms with Gasteiger partial charge in [0, 0.05) is 31.1 Å². The van der Waals surface area contributed by atoms with Crippen LogP contribution in [-0.4, -0.2) is 50.5 Å². The zero-order valence-corrected chi connectivity index (χ0v) is 22.7. The van der Waals surface area contributed by atoms with Crippen LogP contribution in [0.15, 0.2) is 48.5 Å². The van der Waals surface area contributed by atoms with E-state index in [0.717, 1.165) is 17.4 Å². The van der Waals surface area contributed by atoms with Gasteiger partial charge in [0.25, 0.3) is 0 Å². The quantitative estimate of drug-likeness (QED) is 0.449. The van der Waals surface area contributed by atoms with E-state index in [-0.39, 0.29) is 37.2 Å². The number of anilines is 1. The van der Waals surface area contributed by atoms with Crippen molar-refractivity contribution in [2.45, 2.75) is 53.1 Å². The molecular weight excluding hydrogens is 486 g/mol. The van der Waals surface area contributed by atoms with Crippen molar-refractivity contribution in [3.05, 3.63) is 64.7 Å². The molecule has 0 aliphatic rings. The summed E-state index contributed by atoms with van der Waals surface area (Å²) < 4.78 is 26.1. The molecule has 0 aliphatic heterocycles. The van der Waals surface area contributed by atoms with E-state index in [9.17, 15) is 18.0 Å². The summed E-state index contributed by atoms with van der Waals surface area (Å²) in [6.07, 6.45) is 1.58. The van der Waals surface area contributed by atoms with Gasteiger partial charge in [0.1, 0.15) is 6.04 Å². The van der Waals surface area contributed by atoms with Gasteiger partial charge in [-0.3, -0.25) is 13.9 Å². The summed E-state index contributed by atoms with van der Waals surface area (Å²) in [4.78, 5) is 27.6. The fraction of sp³-hybridized carbons (Fsp3) is 0.462. The highest BCUT2D eigenvalue weighted by Crippen LogP contribution is 2.20. The van der Waals surface area contributed by atoms with Crippen molar-refractivity contribution < 1.29 is 18.0 Å². The molecule has 0 unspecified atom stereocenters. The monoisotopic (exact) mass is 521 g/mol. The molecular formula is C26H36ClN3O4S. The summed E-state index contributed by atoms with van der Waals surface area (Å²) in [6, 6.07) is 13.7. The van der Waals surface area contributed by atoms with Crippen LogP contribution in [0, 0.1) is 12.8 Å². The Bertz CT molecular complexity index is 1100. The molecule has 35 heavy (non-hydrogen) atoms. The number of nitrogens with zero attached hydrogens (tertiary/aromatic N) is 2. The Morgan fingerprint density at radius 1 is 1.06 bits per heavy atom. The molecule has 0 fully saturated rings. The van der Waals surface area contributed by atoms with Crippen LogP contribution >= 0.6 is 11.6 Å². The maximum absolute atomic E-state index is 13.3. The Balaban J connectivity index is 2.15. The van der Waals surface area contributed by atoms with Gasteiger partial charge in [0.2, 0.25) is 21.8 Å². The molecule has 0 heterocycles. The van der Waals surface area contributed by atoms with Gasteiger partial charge in [0.05, 0.1) is 11.9 Å². The third kappa shape index (κ3) is 9.18. The number of hydrogen-bond donors (Lipinski definition) is 1. The summed E-state index contributed by atoms with van der Waals surface area (Å²) in [5, 5.41) is 3.48. The van der Waals surface area contributed by atoms with Crippen molar-refractivity contribution in [3.63, 3.8) is 0 Å². The molecule has 2 rings (SSSR count). The maximum atomic E-state index is 13.3. The van der Waals surface area contributed by atoms with Gasteiger partial charge < -0.3 is 10.2 Å². The highest BCUT2D eigenvalue weighted by atomic mass is 35.5. The summed E-state index contributed by atoms with van der Waals surface area (Å²) in [7, 11) is -3.52. The lowest BCUT2D eigenvalue weighted by molar-refractivity contribution is -0.140. The van der Waals surface area contributed by atoms with E-state index in [1.165, 1.54) is 9.21 Å². The Morgan fingerprint density at radius 2 is 1.71 bits per heavy atom. The van der Waals surface area contributed by atoms with Gasteiger partial charge in [-0.2, -0.15) is 0 Å². The van der Waals surface area contributed by atoms with E-state index >= 15 is 0 Å². The zero-order valence-electron chi connectivity index (χ0n) is 21.1. The summed E-state index contributed by atoms with van der Waals surface area (Å²) in [6.45, 7) is 8.54. The van der Waals surface area contributed by atoms with E-state index < -0.39 is 16.1 Å². The van der Waals surface area contributed by atoms with E-state index in [1.54, 1.807) is 37.3 Å². The number of carbonyl (C=O) groups excluding carboxylic acids is 2. The van der Waals surface area contributed by atoms with E-state index in [2.05, 4.69) is 5.32 Å². The van der Waals surface area contributed by atoms with Crippen molar-refractivity contribution in [3.8, 4) is 0 Å². The molecule has 0 saturated carbocycles. The standard InChI is InChI=1S/C26H36ClN3O4S/c1-19(2)17-28-26(32)21(4)29(18-22-11-13-23(27)14-12-22)25(31)10-7-15-30(35(5,33)34)24-9-6-8-20(3)16-24/h6,8-9,11-14,16,19,21H,7,10,15,17-18H2,1-5H3,(H,28,32)/t21-/m1/s1. The second-order valence-corrected chi connectivity index (χ2v) is 11.6. The minimum absolute atomic E-state index is 0.104. The first-order valence-electron chi connectivity index (χ1n) is 11.7. The molecule has 0 aliphatic carbocycles. The van der Waals surface area contributed by atoms with Crippen molar-refractivity contribution >= 4 is 39.1 Å². The van der Waals surface area contributed by atoms with E-state index in [0.29, 0.717) is 23.7 Å². The molecule has 192 valence electrons. The average Bonchev–Trinajstić information content (AvgIpc) is 2.78. The highest BCUT2D eigenvalue weighted by molar-refractivity contribution is 7.92. The van der Waals surface area contributed by atoms with Gasteiger partial charge in [-0.25, -0.2) is 8.42 Å². The largest absolute Gasteiger partial charge is 0.354 e. The first kappa shape index (κ1) is 28.7. The van der Waals surface area contributed by atoms with Crippen molar-refractivity contribution in [2.75, 3.05) is 23.7 Å². The number of sulfonamides is 1. The highest BCUT2D eigenvalue weighted by Gasteiger charge is 2.26. The van der Waals surface area contributed by atoms with Crippen LogP contribution in [-0.2, 0) is 26.2 Å². The second-order valence-electron chi connectivity index (χ2n) is 9.24. The fourth-order valence-corrected chi connectivity index (χ4v) is 4.69. The van der Waals surface area contributed by atoms with Gasteiger partial charge in [-0.1, -0.05) is 49.7 Å². The van der Waals surface area contributed by atoms with Gasteiger partial charge >= 0.3 is 0 Å². The predicted octanol–water partition coefficient (Wildman–Crippen LogP) is 4.38. The molecule has 0 aromatic heterocycles. The molecule has 7 nitrogen and oxygen atoms in total. The first-order chi connectivity index (χ1) is 16.4. The predicted molar refractivity (Wildman–Crippen MR) is 142 cm³/mol. The van der Waals surface area contributed by atoms with E-state index in [4.69, 9.17) is 11.6 Å². The lowest BCUT2D eigenvalue weighted by Crippen LogP contribution is -2.48. The van der Waals surface area contributed by atoms with E-state index in [1.807, 2.05) is 39.0 Å². The summed E-state index contributed by atoms with van der Waals surface area (Å²) in [5.41, 5.74) is 2.37. The Morgan fingerprint density at radius 3 is 2.29 bits per heavy atom. The molecule has 2 aromatic rings. The normalized spacial score (nSPS) is 12.3. The number of benzene rings is 2. The topological polar surface area (TPSA) is 86.8 Å². The van der Waals surface area contributed by atoms with Crippen molar-refractivity contribution in [2.24, 2.45) is 5.92 Å². The Labute approximate surface area is 214 Å². The molecule has 1 atom stereocenters. The number of amides is 2. The number of hydrogen-bond acceptors (Lipinski definition) is 4. The number of rotatable bonds is 12. The third-order valence-electron chi connectivity index (χ3n) is 5.56. The van der Waals surface area contributed by atoms with Crippen molar-refractivity contribution in [1.82, 2.24) is 10.2 Å². The van der Waals surface area contributed by atoms with Gasteiger partial charge in [-0.15, -0.1) is 0 Å². The SMILES string of the molecule is Cc1cccc(N(CCCC(=O)N(Cc2ccc(Cl)cc2)[C@H](C)C(=O)NCC(C)C)S(C)(=O)=O)c1. The van der Waals surface area contributed by atoms with Crippen LogP contribution in [0.2, 0.25) is 5.02 Å². The molecule has 0 bridgehead atoms. The van der Waals surface area contributed by atoms with Crippen LogP contribution in [0.5, 0.6) is 0 Å². The average molecular weight is 522 g/mol. The second kappa shape index (κ2) is 12.9.